The number of aliphatic imine (C=N–C) groups is 2. The van der Waals surface area contributed by atoms with E-state index < -0.39 is 5.97 Å². The Bertz CT molecular complexity index is 924. The summed E-state index contributed by atoms with van der Waals surface area (Å²) >= 11 is 0. The van der Waals surface area contributed by atoms with E-state index in [0.717, 1.165) is 46.9 Å². The molecular weight excluding hydrogens is 438 g/mol. The van der Waals surface area contributed by atoms with Gasteiger partial charge in [0.15, 0.2) is 0 Å². The van der Waals surface area contributed by atoms with Crippen molar-refractivity contribution in [2.75, 3.05) is 0 Å². The Kier molecular flexibility index (Phi) is 15.0. The summed E-state index contributed by atoms with van der Waals surface area (Å²) in [5.74, 6) is 0.165. The molecule has 1 aliphatic carbocycles. The number of allylic oxidation sites excluding steroid dienone is 5. The average molecular weight is 484 g/mol. The van der Waals surface area contributed by atoms with Crippen molar-refractivity contribution in [2.45, 2.75) is 86.7 Å². The standard InChI is InChI=1S/C23H29N3O3.C4H10.C2H6/c1-6-17(12-24-16(5)26-18-8-9-18)14(3)10-15(4)19-11-22(27)20(23(28)29)13-25-21(19)7-2;1-4(2)3;1-2/h6,10-13,18,21,27H,1,3,7-9H2,2,4-5H3,(H,24,26)(H,28,29);4H,1-3H3;1-2H3/b15-10+,17-12+;;. The number of amidine groups is 1. The molecule has 1 saturated carbocycles. The topological polar surface area (TPSA) is 94.3 Å². The lowest BCUT2D eigenvalue weighted by atomic mass is 9.94. The van der Waals surface area contributed by atoms with Crippen LogP contribution in [0.3, 0.4) is 0 Å². The van der Waals surface area contributed by atoms with E-state index in [1.165, 1.54) is 12.3 Å². The van der Waals surface area contributed by atoms with Gasteiger partial charge in [0.25, 0.3) is 0 Å². The molecule has 6 nitrogen and oxygen atoms in total. The number of nitrogens with zero attached hydrogens (tertiary/aromatic N) is 2. The fraction of sp³-hybridized carbons (Fsp3) is 0.483. The van der Waals surface area contributed by atoms with Crippen LogP contribution >= 0.6 is 0 Å². The van der Waals surface area contributed by atoms with Gasteiger partial charge in [-0.1, -0.05) is 66.9 Å². The molecule has 3 N–H and O–H groups in total. The van der Waals surface area contributed by atoms with Crippen molar-refractivity contribution >= 4 is 18.0 Å². The highest BCUT2D eigenvalue weighted by Gasteiger charge is 2.21. The molecule has 2 aliphatic rings. The Labute approximate surface area is 212 Å². The van der Waals surface area contributed by atoms with Gasteiger partial charge in [0.1, 0.15) is 11.3 Å². The summed E-state index contributed by atoms with van der Waals surface area (Å²) in [4.78, 5) is 20.2. The number of carbonyl (C=O) groups is 1. The smallest absolute Gasteiger partial charge is 0.341 e. The first-order valence-corrected chi connectivity index (χ1v) is 12.4. The summed E-state index contributed by atoms with van der Waals surface area (Å²) in [6.07, 6.45) is 11.1. The molecule has 0 spiro atoms. The maximum absolute atomic E-state index is 11.3. The van der Waals surface area contributed by atoms with Crippen molar-refractivity contribution in [1.29, 1.82) is 0 Å². The molecule has 0 bridgehead atoms. The normalized spacial score (nSPS) is 18.5. The molecule has 1 unspecified atom stereocenters. The largest absolute Gasteiger partial charge is 0.507 e. The van der Waals surface area contributed by atoms with Crippen LogP contribution in [0.15, 0.2) is 81.2 Å². The van der Waals surface area contributed by atoms with Crippen LogP contribution in [0.2, 0.25) is 0 Å². The van der Waals surface area contributed by atoms with Gasteiger partial charge in [-0.2, -0.15) is 0 Å². The van der Waals surface area contributed by atoms with Gasteiger partial charge in [-0.15, -0.1) is 0 Å². The zero-order chi connectivity index (χ0) is 27.1. The molecule has 0 saturated heterocycles. The third-order valence-corrected chi connectivity index (χ3v) is 4.72. The number of rotatable bonds is 8. The molecule has 6 heteroatoms. The number of carboxylic acid groups (broad SMARTS) is 1. The third-order valence-electron chi connectivity index (χ3n) is 4.72. The summed E-state index contributed by atoms with van der Waals surface area (Å²) in [6.45, 7) is 24.2. The first-order valence-electron chi connectivity index (χ1n) is 12.4. The Morgan fingerprint density at radius 1 is 1.29 bits per heavy atom. The van der Waals surface area contributed by atoms with Crippen LogP contribution in [0.4, 0.5) is 0 Å². The van der Waals surface area contributed by atoms with Crippen LogP contribution in [-0.2, 0) is 4.79 Å². The van der Waals surface area contributed by atoms with Gasteiger partial charge in [0, 0.05) is 12.4 Å². The maximum Gasteiger partial charge on any atom is 0.341 e. The van der Waals surface area contributed by atoms with Gasteiger partial charge in [-0.25, -0.2) is 4.79 Å². The number of hydrogen-bond donors (Lipinski definition) is 3. The van der Waals surface area contributed by atoms with E-state index in [0.29, 0.717) is 12.5 Å². The number of nitrogens with one attached hydrogen (secondary N) is 1. The molecule has 1 aliphatic heterocycles. The van der Waals surface area contributed by atoms with E-state index in [4.69, 9.17) is 0 Å². The molecule has 0 amide bonds. The van der Waals surface area contributed by atoms with Crippen molar-refractivity contribution in [3.63, 3.8) is 0 Å². The van der Waals surface area contributed by atoms with Crippen molar-refractivity contribution < 1.29 is 15.0 Å². The number of carboxylic acids is 1. The second kappa shape index (κ2) is 16.5. The predicted octanol–water partition coefficient (Wildman–Crippen LogP) is 7.10. The van der Waals surface area contributed by atoms with E-state index in [9.17, 15) is 15.0 Å². The van der Waals surface area contributed by atoms with Gasteiger partial charge >= 0.3 is 5.97 Å². The average Bonchev–Trinajstić information content (AvgIpc) is 3.61. The van der Waals surface area contributed by atoms with Crippen LogP contribution < -0.4 is 5.32 Å². The van der Waals surface area contributed by atoms with Crippen LogP contribution in [0.5, 0.6) is 0 Å². The molecule has 1 atom stereocenters. The fourth-order valence-electron chi connectivity index (χ4n) is 2.91. The van der Waals surface area contributed by atoms with Crippen LogP contribution in [0.25, 0.3) is 0 Å². The van der Waals surface area contributed by atoms with Crippen LogP contribution in [0, 0.1) is 5.92 Å². The number of aliphatic hydroxyl groups is 1. The van der Waals surface area contributed by atoms with Gasteiger partial charge in [-0.3, -0.25) is 9.98 Å². The molecule has 1 heterocycles. The molecule has 0 aromatic carbocycles. The summed E-state index contributed by atoms with van der Waals surface area (Å²) in [7, 11) is 0. The van der Waals surface area contributed by atoms with E-state index in [1.54, 1.807) is 6.08 Å². The van der Waals surface area contributed by atoms with E-state index in [1.807, 2.05) is 46.9 Å². The highest BCUT2D eigenvalue weighted by Crippen LogP contribution is 2.26. The number of aliphatic carboxylic acids is 1. The lowest BCUT2D eigenvalue weighted by molar-refractivity contribution is -0.132. The van der Waals surface area contributed by atoms with Crippen molar-refractivity contribution in [2.24, 2.45) is 15.9 Å². The van der Waals surface area contributed by atoms with E-state index >= 15 is 0 Å². The Morgan fingerprint density at radius 3 is 2.31 bits per heavy atom. The van der Waals surface area contributed by atoms with Gasteiger partial charge < -0.3 is 15.5 Å². The quantitative estimate of drug-likeness (QED) is 0.195. The molecule has 2 rings (SSSR count). The Morgan fingerprint density at radius 2 is 1.86 bits per heavy atom. The zero-order valence-electron chi connectivity index (χ0n) is 22.9. The first kappa shape index (κ1) is 31.9. The number of aliphatic hydroxyl groups excluding tert-OH is 1. The molecule has 194 valence electrons. The van der Waals surface area contributed by atoms with Crippen molar-refractivity contribution in [1.82, 2.24) is 5.32 Å². The highest BCUT2D eigenvalue weighted by molar-refractivity contribution is 6.09. The summed E-state index contributed by atoms with van der Waals surface area (Å²) in [5, 5.41) is 22.6. The second-order valence-corrected chi connectivity index (χ2v) is 8.88. The molecule has 0 aromatic heterocycles. The molecule has 35 heavy (non-hydrogen) atoms. The molecule has 1 fully saturated rings. The lowest BCUT2D eigenvalue weighted by Gasteiger charge is -2.15. The Balaban J connectivity index is 0.00000174. The first-order chi connectivity index (χ1) is 16.5. The molecule has 0 aromatic rings. The summed E-state index contributed by atoms with van der Waals surface area (Å²) < 4.78 is 0. The van der Waals surface area contributed by atoms with Crippen molar-refractivity contribution in [3.8, 4) is 0 Å². The summed E-state index contributed by atoms with van der Waals surface area (Å²) in [5.41, 5.74) is 2.92. The monoisotopic (exact) mass is 483 g/mol. The maximum atomic E-state index is 11.3. The van der Waals surface area contributed by atoms with Gasteiger partial charge in [-0.05, 0) is 67.4 Å². The minimum Gasteiger partial charge on any atom is -0.507 e. The number of hydrogen-bond acceptors (Lipinski definition) is 4. The van der Waals surface area contributed by atoms with Gasteiger partial charge in [0.05, 0.1) is 17.9 Å². The minimum atomic E-state index is -1.21. The molecule has 0 radical (unpaired) electrons. The van der Waals surface area contributed by atoms with Crippen LogP contribution in [0.1, 0.15) is 74.7 Å². The fourth-order valence-corrected chi connectivity index (χ4v) is 2.91. The van der Waals surface area contributed by atoms with Gasteiger partial charge in [0.2, 0.25) is 0 Å². The third kappa shape index (κ3) is 12.2. The van der Waals surface area contributed by atoms with E-state index in [2.05, 4.69) is 49.2 Å². The second-order valence-electron chi connectivity index (χ2n) is 8.88. The minimum absolute atomic E-state index is 0.216. The summed E-state index contributed by atoms with van der Waals surface area (Å²) in [6, 6.07) is 0.193. The highest BCUT2D eigenvalue weighted by atomic mass is 16.4. The van der Waals surface area contributed by atoms with E-state index in [-0.39, 0.29) is 17.4 Å². The SMILES string of the molecule is C=C/C(=C\NC(C)=NC1CC1)C(=C)/C=C(\C)C1=CC(O)=C(C(=O)O)C=NC1CC.CC.CC(C)C. The van der Waals surface area contributed by atoms with Crippen molar-refractivity contribution in [3.05, 3.63) is 71.2 Å². The lowest BCUT2D eigenvalue weighted by Crippen LogP contribution is -2.14. The zero-order valence-corrected chi connectivity index (χ0v) is 22.9. The molecular formula is C29H45N3O3. The predicted molar refractivity (Wildman–Crippen MR) is 150 cm³/mol. The van der Waals surface area contributed by atoms with Crippen LogP contribution in [-0.4, -0.2) is 40.3 Å². The Hall–Kier alpha value is -3.15.